The molecule has 3 aliphatic heterocycles. The zero-order chi connectivity index (χ0) is 49.8. The molecule has 0 amide bonds. The molecule has 0 aromatic rings. The van der Waals surface area contributed by atoms with Gasteiger partial charge in [0.25, 0.3) is 0 Å². The molecule has 0 bridgehead atoms. The highest BCUT2D eigenvalue weighted by molar-refractivity contribution is 5.82. The Balaban J connectivity index is 1.02. The first-order chi connectivity index (χ1) is 31.7. The van der Waals surface area contributed by atoms with Gasteiger partial charge in [-0.05, 0) is 109 Å². The third kappa shape index (κ3) is 8.28. The molecule has 5 aliphatic carbocycles. The fourth-order valence-corrected chi connectivity index (χ4v) is 15.1. The summed E-state index contributed by atoms with van der Waals surface area (Å²) in [6.07, 6.45) is -13.8. The number of hydrogen-bond donors (Lipinski definition) is 9. The average molecular weight is 969 g/mol. The Morgan fingerprint density at radius 1 is 0.662 bits per heavy atom. The van der Waals surface area contributed by atoms with Crippen molar-refractivity contribution in [3.63, 3.8) is 0 Å². The molecular formula is C49H76O19. The summed E-state index contributed by atoms with van der Waals surface area (Å²) in [5.74, 6) is -2.42. The van der Waals surface area contributed by atoms with E-state index in [1.807, 2.05) is 0 Å². The van der Waals surface area contributed by atoms with Crippen LogP contribution >= 0.6 is 0 Å². The molecule has 4 saturated carbocycles. The van der Waals surface area contributed by atoms with Crippen molar-refractivity contribution in [3.8, 4) is 0 Å². The lowest BCUT2D eigenvalue weighted by atomic mass is 9.32. The summed E-state index contributed by atoms with van der Waals surface area (Å²) in [5, 5.41) is 94.3. The van der Waals surface area contributed by atoms with Gasteiger partial charge in [-0.15, -0.1) is 0 Å². The fraction of sp³-hybridized carbons (Fsp3) is 0.898. The zero-order valence-corrected chi connectivity index (χ0v) is 40.6. The molecule has 0 unspecified atom stereocenters. The minimum atomic E-state index is -1.88. The highest BCUT2D eigenvalue weighted by atomic mass is 16.8. The summed E-state index contributed by atoms with van der Waals surface area (Å²) in [6, 6.07) is 0. The van der Waals surface area contributed by atoms with Gasteiger partial charge in [0.05, 0.1) is 24.7 Å². The standard InChI is InChI=1S/C49H76O19/c1-22(51)63-37-35(58)36(66-40-33(56)30(53)25(52)21-62-40)38(39(59)60)67-42(37)65-29-12-13-46(6)27(45(29,4)5)11-14-48(8)28(46)10-9-23-24-19-44(2,3)15-17-49(24,18-16-47(23,48)7)43(61)68-41-34(57)32(55)31(54)26(20-50)64-41/h19,23,25-38,40-42,50,52-58H,9-18,20-21H2,1-8H3,(H,59,60)/t23-,25-,26-,27-,28-,29+,30+,31-,32+,33-,34-,35+,36+,37-,38+,40+,41+,42-,46+,47-,48-,49+/m1/s1. The Morgan fingerprint density at radius 2 is 1.34 bits per heavy atom. The zero-order valence-electron chi connectivity index (χ0n) is 40.6. The third-order valence-corrected chi connectivity index (χ3v) is 19.1. The number of ether oxygens (including phenoxy) is 7. The summed E-state index contributed by atoms with van der Waals surface area (Å²) in [5.41, 5.74) is -1.22. The number of aliphatic hydroxyl groups excluding tert-OH is 8. The van der Waals surface area contributed by atoms with E-state index in [-0.39, 0.29) is 39.4 Å². The lowest BCUT2D eigenvalue weighted by Gasteiger charge is -2.72. The highest BCUT2D eigenvalue weighted by Crippen LogP contribution is 2.76. The monoisotopic (exact) mass is 968 g/mol. The van der Waals surface area contributed by atoms with Crippen LogP contribution in [0, 0.1) is 50.2 Å². The summed E-state index contributed by atoms with van der Waals surface area (Å²) in [4.78, 5) is 39.9. The minimum Gasteiger partial charge on any atom is -0.479 e. The van der Waals surface area contributed by atoms with Crippen LogP contribution in [0.1, 0.15) is 120 Å². The summed E-state index contributed by atoms with van der Waals surface area (Å²) in [6.45, 7) is 15.9. The van der Waals surface area contributed by atoms with Gasteiger partial charge in [0.1, 0.15) is 54.9 Å². The van der Waals surface area contributed by atoms with Crippen LogP contribution in [0.2, 0.25) is 0 Å². The van der Waals surface area contributed by atoms with Crippen LogP contribution in [0.25, 0.3) is 0 Å². The molecule has 386 valence electrons. The Kier molecular flexibility index (Phi) is 14.0. The topological polar surface area (TPSA) is 298 Å². The number of hydrogen-bond acceptors (Lipinski definition) is 18. The molecule has 22 atom stereocenters. The SMILES string of the molecule is CC(=O)O[C@H]1[C@H](O[C@H]2CC[C@@]3(C)[C@H](CC[C@]4(C)[C@@H]3CC[C@@H]3C5=CC(C)(C)CC[C@]5(C(=O)O[C@@H]5O[C@H](CO)[C@@H](O)[C@H](O)[C@H]5O)CC[C@]34C)C2(C)C)O[C@H](C(=O)O)[C@@H](O[C@@H]2OC[C@@H](O)[C@H](O)[C@H]2O)[C@@H]1O. The molecule has 3 saturated heterocycles. The largest absolute Gasteiger partial charge is 0.479 e. The van der Waals surface area contributed by atoms with Gasteiger partial charge in [-0.2, -0.15) is 0 Å². The molecule has 0 aromatic heterocycles. The van der Waals surface area contributed by atoms with Crippen molar-refractivity contribution in [3.05, 3.63) is 11.6 Å². The number of allylic oxidation sites excluding steroid dienone is 1. The van der Waals surface area contributed by atoms with Gasteiger partial charge in [-0.25, -0.2) is 4.79 Å². The van der Waals surface area contributed by atoms with E-state index < -0.39 is 134 Å². The van der Waals surface area contributed by atoms with Crippen molar-refractivity contribution in [2.45, 2.75) is 212 Å². The van der Waals surface area contributed by atoms with Crippen molar-refractivity contribution in [2.24, 2.45) is 50.2 Å². The molecule has 0 radical (unpaired) electrons. The number of fused-ring (bicyclic) bond motifs is 7. The van der Waals surface area contributed by atoms with Crippen LogP contribution in [0.3, 0.4) is 0 Å². The van der Waals surface area contributed by atoms with Crippen LogP contribution in [0.4, 0.5) is 0 Å². The third-order valence-electron chi connectivity index (χ3n) is 19.1. The van der Waals surface area contributed by atoms with Gasteiger partial charge < -0.3 is 79.1 Å². The van der Waals surface area contributed by atoms with Crippen molar-refractivity contribution in [2.75, 3.05) is 13.2 Å². The average Bonchev–Trinajstić information content (AvgIpc) is 3.26. The van der Waals surface area contributed by atoms with Crippen LogP contribution < -0.4 is 0 Å². The van der Waals surface area contributed by atoms with Crippen LogP contribution in [-0.2, 0) is 47.5 Å². The van der Waals surface area contributed by atoms with Crippen LogP contribution in [0.15, 0.2) is 11.6 Å². The van der Waals surface area contributed by atoms with E-state index in [0.717, 1.165) is 57.4 Å². The van der Waals surface area contributed by atoms with E-state index in [1.54, 1.807) is 0 Å². The van der Waals surface area contributed by atoms with Gasteiger partial charge in [-0.1, -0.05) is 60.1 Å². The number of aliphatic carboxylic acids is 1. The predicted octanol–water partition coefficient (Wildman–Crippen LogP) is 1.44. The number of esters is 2. The van der Waals surface area contributed by atoms with Gasteiger partial charge in [0, 0.05) is 6.92 Å². The second-order valence-corrected chi connectivity index (χ2v) is 23.6. The molecule has 3 heterocycles. The maximum absolute atomic E-state index is 14.7. The fourth-order valence-electron chi connectivity index (χ4n) is 15.1. The van der Waals surface area contributed by atoms with Crippen molar-refractivity contribution in [1.82, 2.24) is 0 Å². The van der Waals surface area contributed by atoms with E-state index in [1.165, 1.54) is 0 Å². The maximum Gasteiger partial charge on any atom is 0.335 e. The van der Waals surface area contributed by atoms with Gasteiger partial charge in [-0.3, -0.25) is 9.59 Å². The second kappa shape index (κ2) is 18.3. The lowest BCUT2D eigenvalue weighted by molar-refractivity contribution is -0.355. The first-order valence-corrected chi connectivity index (χ1v) is 24.6. The van der Waals surface area contributed by atoms with Crippen molar-refractivity contribution >= 4 is 17.9 Å². The molecule has 19 nitrogen and oxygen atoms in total. The summed E-state index contributed by atoms with van der Waals surface area (Å²) < 4.78 is 41.0. The van der Waals surface area contributed by atoms with Crippen molar-refractivity contribution < 1.29 is 93.5 Å². The quantitative estimate of drug-likeness (QED) is 0.0897. The van der Waals surface area contributed by atoms with Gasteiger partial charge in [0.2, 0.25) is 6.29 Å². The molecule has 0 spiro atoms. The molecule has 9 N–H and O–H groups in total. The summed E-state index contributed by atoms with van der Waals surface area (Å²) in [7, 11) is 0. The summed E-state index contributed by atoms with van der Waals surface area (Å²) >= 11 is 0. The Hall–Kier alpha value is -2.37. The molecule has 68 heavy (non-hydrogen) atoms. The maximum atomic E-state index is 14.7. The first kappa shape index (κ1) is 52.0. The highest BCUT2D eigenvalue weighted by Gasteiger charge is 2.71. The molecule has 8 rings (SSSR count). The molecule has 8 aliphatic rings. The second-order valence-electron chi connectivity index (χ2n) is 23.6. The van der Waals surface area contributed by atoms with Gasteiger partial charge >= 0.3 is 17.9 Å². The van der Waals surface area contributed by atoms with Crippen LogP contribution in [0.5, 0.6) is 0 Å². The van der Waals surface area contributed by atoms with E-state index in [0.29, 0.717) is 19.3 Å². The number of carboxylic acids is 1. The smallest absolute Gasteiger partial charge is 0.335 e. The first-order valence-electron chi connectivity index (χ1n) is 24.6. The molecular weight excluding hydrogens is 893 g/mol. The number of carboxylic acid groups (broad SMARTS) is 1. The molecule has 19 heteroatoms. The predicted molar refractivity (Wildman–Crippen MR) is 234 cm³/mol. The van der Waals surface area contributed by atoms with E-state index in [9.17, 15) is 60.3 Å². The molecule has 7 fully saturated rings. The number of rotatable bonds is 9. The lowest BCUT2D eigenvalue weighted by Crippen LogP contribution is -2.67. The number of carbonyl (C=O) groups excluding carboxylic acids is 2. The normalized spacial score (nSPS) is 50.8. The minimum absolute atomic E-state index is 0.0416. The Labute approximate surface area is 397 Å². The number of aliphatic hydroxyl groups is 8. The van der Waals surface area contributed by atoms with Gasteiger partial charge in [0.15, 0.2) is 24.8 Å². The van der Waals surface area contributed by atoms with E-state index in [2.05, 4.69) is 54.5 Å². The number of carbonyl (C=O) groups is 3. The van der Waals surface area contributed by atoms with E-state index in [4.69, 9.17) is 33.2 Å². The Bertz CT molecular complexity index is 1940. The van der Waals surface area contributed by atoms with E-state index >= 15 is 0 Å². The van der Waals surface area contributed by atoms with Crippen molar-refractivity contribution in [1.29, 1.82) is 0 Å². The Morgan fingerprint density at radius 3 is 2.00 bits per heavy atom. The van der Waals surface area contributed by atoms with Crippen LogP contribution in [-0.4, -0.2) is 169 Å². The molecule has 0 aromatic carbocycles.